The van der Waals surface area contributed by atoms with Gasteiger partial charge in [-0.15, -0.1) is 0 Å². The Bertz CT molecular complexity index is 689. The summed E-state index contributed by atoms with van der Waals surface area (Å²) in [5.74, 6) is -0.309. The first-order valence-electron chi connectivity index (χ1n) is 7.12. The standard InChI is InChI=1S/C18H17NO2/c1-12-6-8-15(9-7-12)19-18(21)14-10-13-4-2-3-5-16(13)17(20)11-14/h2-9,14H,10-11H2,1H3,(H,19,21). The number of benzene rings is 2. The second kappa shape index (κ2) is 5.52. The van der Waals surface area contributed by atoms with Crippen LogP contribution in [0.1, 0.15) is 27.9 Å². The summed E-state index contributed by atoms with van der Waals surface area (Å²) in [6, 6.07) is 15.2. The fourth-order valence-electron chi connectivity index (χ4n) is 2.71. The van der Waals surface area contributed by atoms with Crippen molar-refractivity contribution in [3.8, 4) is 0 Å². The van der Waals surface area contributed by atoms with Crippen molar-refractivity contribution < 1.29 is 9.59 Å². The number of ketones is 1. The van der Waals surface area contributed by atoms with Gasteiger partial charge in [0.05, 0.1) is 0 Å². The summed E-state index contributed by atoms with van der Waals surface area (Å²) in [5, 5.41) is 2.90. The first kappa shape index (κ1) is 13.6. The van der Waals surface area contributed by atoms with E-state index in [2.05, 4.69) is 5.32 Å². The molecule has 0 heterocycles. The van der Waals surface area contributed by atoms with Crippen LogP contribution in [0, 0.1) is 12.8 Å². The van der Waals surface area contributed by atoms with Gasteiger partial charge in [-0.3, -0.25) is 9.59 Å². The molecule has 2 aromatic carbocycles. The van der Waals surface area contributed by atoms with Crippen LogP contribution in [-0.2, 0) is 11.2 Å². The molecule has 21 heavy (non-hydrogen) atoms. The van der Waals surface area contributed by atoms with E-state index in [0.29, 0.717) is 6.42 Å². The molecule has 2 aromatic rings. The van der Waals surface area contributed by atoms with Crippen LogP contribution in [0.5, 0.6) is 0 Å². The fraction of sp³-hybridized carbons (Fsp3) is 0.222. The van der Waals surface area contributed by atoms with E-state index in [4.69, 9.17) is 0 Å². The van der Waals surface area contributed by atoms with Crippen molar-refractivity contribution in [2.45, 2.75) is 19.8 Å². The minimum Gasteiger partial charge on any atom is -0.326 e. The van der Waals surface area contributed by atoms with Crippen LogP contribution < -0.4 is 5.32 Å². The van der Waals surface area contributed by atoms with E-state index in [1.165, 1.54) is 0 Å². The molecule has 0 aromatic heterocycles. The van der Waals surface area contributed by atoms with Gasteiger partial charge in [-0.2, -0.15) is 0 Å². The molecule has 3 nitrogen and oxygen atoms in total. The Labute approximate surface area is 124 Å². The average molecular weight is 279 g/mol. The van der Waals surface area contributed by atoms with Gasteiger partial charge in [-0.1, -0.05) is 42.0 Å². The zero-order chi connectivity index (χ0) is 14.8. The number of fused-ring (bicyclic) bond motifs is 1. The lowest BCUT2D eigenvalue weighted by atomic mass is 9.82. The Kier molecular flexibility index (Phi) is 3.57. The normalized spacial score (nSPS) is 17.2. The van der Waals surface area contributed by atoms with Crippen molar-refractivity contribution in [2.75, 3.05) is 5.32 Å². The molecule has 1 unspecified atom stereocenters. The van der Waals surface area contributed by atoms with Gasteiger partial charge >= 0.3 is 0 Å². The van der Waals surface area contributed by atoms with Gasteiger partial charge in [0.1, 0.15) is 0 Å². The Morgan fingerprint density at radius 2 is 1.76 bits per heavy atom. The SMILES string of the molecule is Cc1ccc(NC(=O)C2CC(=O)c3ccccc3C2)cc1. The van der Waals surface area contributed by atoms with E-state index in [1.54, 1.807) is 0 Å². The zero-order valence-electron chi connectivity index (χ0n) is 11.9. The van der Waals surface area contributed by atoms with Crippen molar-refractivity contribution in [2.24, 2.45) is 5.92 Å². The van der Waals surface area contributed by atoms with E-state index in [9.17, 15) is 9.59 Å². The molecule has 0 saturated carbocycles. The van der Waals surface area contributed by atoms with Gasteiger partial charge in [0.15, 0.2) is 5.78 Å². The van der Waals surface area contributed by atoms with Gasteiger partial charge in [-0.05, 0) is 31.0 Å². The number of carbonyl (C=O) groups is 2. The van der Waals surface area contributed by atoms with Crippen LogP contribution >= 0.6 is 0 Å². The van der Waals surface area contributed by atoms with Gasteiger partial charge < -0.3 is 5.32 Å². The predicted molar refractivity (Wildman–Crippen MR) is 82.4 cm³/mol. The third kappa shape index (κ3) is 2.87. The third-order valence-corrected chi connectivity index (χ3v) is 3.91. The molecule has 0 spiro atoms. The number of hydrogen-bond donors (Lipinski definition) is 1. The molecule has 0 radical (unpaired) electrons. The number of aryl methyl sites for hydroxylation is 1. The van der Waals surface area contributed by atoms with Gasteiger partial charge in [-0.25, -0.2) is 0 Å². The second-order valence-corrected chi connectivity index (χ2v) is 5.54. The fourth-order valence-corrected chi connectivity index (χ4v) is 2.71. The van der Waals surface area contributed by atoms with Crippen LogP contribution in [0.15, 0.2) is 48.5 Å². The number of Topliss-reactive ketones (excluding diaryl/α,β-unsaturated/α-hetero) is 1. The number of hydrogen-bond acceptors (Lipinski definition) is 2. The highest BCUT2D eigenvalue weighted by Crippen LogP contribution is 2.26. The summed E-state index contributed by atoms with van der Waals surface area (Å²) >= 11 is 0. The molecule has 0 fully saturated rings. The second-order valence-electron chi connectivity index (χ2n) is 5.54. The Balaban J connectivity index is 1.75. The molecule has 0 bridgehead atoms. The van der Waals surface area contributed by atoms with E-state index >= 15 is 0 Å². The number of anilines is 1. The van der Waals surface area contributed by atoms with E-state index in [0.717, 1.165) is 22.4 Å². The third-order valence-electron chi connectivity index (χ3n) is 3.91. The van der Waals surface area contributed by atoms with Crippen molar-refractivity contribution in [1.29, 1.82) is 0 Å². The topological polar surface area (TPSA) is 46.2 Å². The summed E-state index contributed by atoms with van der Waals surface area (Å²) < 4.78 is 0. The van der Waals surface area contributed by atoms with E-state index in [-0.39, 0.29) is 24.0 Å². The minimum atomic E-state index is -0.284. The van der Waals surface area contributed by atoms with Crippen LogP contribution in [0.3, 0.4) is 0 Å². The highest BCUT2D eigenvalue weighted by Gasteiger charge is 2.29. The first-order chi connectivity index (χ1) is 10.1. The first-order valence-corrected chi connectivity index (χ1v) is 7.12. The number of rotatable bonds is 2. The van der Waals surface area contributed by atoms with Crippen LogP contribution in [0.2, 0.25) is 0 Å². The maximum absolute atomic E-state index is 12.3. The van der Waals surface area contributed by atoms with Crippen LogP contribution in [0.4, 0.5) is 5.69 Å². The van der Waals surface area contributed by atoms with Crippen LogP contribution in [0.25, 0.3) is 0 Å². The summed E-state index contributed by atoms with van der Waals surface area (Å²) in [6.45, 7) is 2.00. The molecule has 1 N–H and O–H groups in total. The lowest BCUT2D eigenvalue weighted by Crippen LogP contribution is -2.30. The predicted octanol–water partition coefficient (Wildman–Crippen LogP) is 3.38. The molecular weight excluding hydrogens is 262 g/mol. The lowest BCUT2D eigenvalue weighted by Gasteiger charge is -2.22. The van der Waals surface area contributed by atoms with Crippen molar-refractivity contribution in [3.63, 3.8) is 0 Å². The maximum Gasteiger partial charge on any atom is 0.228 e. The number of carbonyl (C=O) groups excluding carboxylic acids is 2. The van der Waals surface area contributed by atoms with Crippen molar-refractivity contribution in [3.05, 3.63) is 65.2 Å². The monoisotopic (exact) mass is 279 g/mol. The van der Waals surface area contributed by atoms with E-state index < -0.39 is 0 Å². The van der Waals surface area contributed by atoms with Crippen molar-refractivity contribution in [1.82, 2.24) is 0 Å². The highest BCUT2D eigenvalue weighted by atomic mass is 16.2. The van der Waals surface area contributed by atoms with Gasteiger partial charge in [0.2, 0.25) is 5.91 Å². The summed E-state index contributed by atoms with van der Waals surface area (Å²) in [6.07, 6.45) is 0.911. The maximum atomic E-state index is 12.3. The highest BCUT2D eigenvalue weighted by molar-refractivity contribution is 6.03. The molecule has 0 saturated heterocycles. The molecular formula is C18H17NO2. The Hall–Kier alpha value is -2.42. The summed E-state index contributed by atoms with van der Waals surface area (Å²) in [7, 11) is 0. The molecule has 3 rings (SSSR count). The Morgan fingerprint density at radius 1 is 1.05 bits per heavy atom. The van der Waals surface area contributed by atoms with Gasteiger partial charge in [0.25, 0.3) is 0 Å². The summed E-state index contributed by atoms with van der Waals surface area (Å²) in [5.41, 5.74) is 3.65. The molecule has 3 heteroatoms. The minimum absolute atomic E-state index is 0.0564. The zero-order valence-corrected chi connectivity index (χ0v) is 11.9. The molecule has 1 atom stereocenters. The molecule has 1 aliphatic carbocycles. The average Bonchev–Trinajstić information content (AvgIpc) is 2.49. The lowest BCUT2D eigenvalue weighted by molar-refractivity contribution is -0.119. The largest absolute Gasteiger partial charge is 0.326 e. The Morgan fingerprint density at radius 3 is 2.52 bits per heavy atom. The summed E-state index contributed by atoms with van der Waals surface area (Å²) in [4.78, 5) is 24.5. The molecule has 1 aliphatic rings. The van der Waals surface area contributed by atoms with E-state index in [1.807, 2.05) is 55.5 Å². The molecule has 0 aliphatic heterocycles. The molecule has 106 valence electrons. The smallest absolute Gasteiger partial charge is 0.228 e. The van der Waals surface area contributed by atoms with Gasteiger partial charge in [0, 0.05) is 23.6 Å². The number of nitrogens with one attached hydrogen (secondary N) is 1. The van der Waals surface area contributed by atoms with Crippen molar-refractivity contribution >= 4 is 17.4 Å². The quantitative estimate of drug-likeness (QED) is 0.916. The molecule has 1 amide bonds. The van der Waals surface area contributed by atoms with Crippen LogP contribution in [-0.4, -0.2) is 11.7 Å². The number of amides is 1.